The van der Waals surface area contributed by atoms with Crippen molar-refractivity contribution in [2.75, 3.05) is 5.32 Å². The van der Waals surface area contributed by atoms with Gasteiger partial charge >= 0.3 is 0 Å². The first-order chi connectivity index (χ1) is 10.0. The summed E-state index contributed by atoms with van der Waals surface area (Å²) in [6.07, 6.45) is 0.296. The lowest BCUT2D eigenvalue weighted by atomic mass is 10.1. The van der Waals surface area contributed by atoms with E-state index in [9.17, 15) is 9.59 Å². The van der Waals surface area contributed by atoms with Gasteiger partial charge in [-0.05, 0) is 36.4 Å². The molecule has 21 heavy (non-hydrogen) atoms. The molecule has 0 spiro atoms. The maximum Gasteiger partial charge on any atom is 0.224 e. The Kier molecular flexibility index (Phi) is 5.53. The molecule has 2 aromatic carbocycles. The molecule has 0 saturated carbocycles. The number of amides is 1. The molecular formula is C16H13BrClNO2. The van der Waals surface area contributed by atoms with Crippen molar-refractivity contribution in [1.82, 2.24) is 0 Å². The summed E-state index contributed by atoms with van der Waals surface area (Å²) in [6.45, 7) is 0. The summed E-state index contributed by atoms with van der Waals surface area (Å²) in [5, 5.41) is 3.26. The third kappa shape index (κ3) is 4.99. The summed E-state index contributed by atoms with van der Waals surface area (Å²) >= 11 is 9.16. The zero-order chi connectivity index (χ0) is 15.2. The van der Waals surface area contributed by atoms with Crippen LogP contribution in [0.4, 0.5) is 5.69 Å². The minimum Gasteiger partial charge on any atom is -0.326 e. The third-order valence-electron chi connectivity index (χ3n) is 2.85. The van der Waals surface area contributed by atoms with Gasteiger partial charge in [0.05, 0.1) is 0 Å². The first-order valence-corrected chi connectivity index (χ1v) is 7.56. The number of carbonyl (C=O) groups excluding carboxylic acids is 2. The second-order valence-corrected chi connectivity index (χ2v) is 5.84. The normalized spacial score (nSPS) is 10.2. The molecule has 0 aliphatic heterocycles. The topological polar surface area (TPSA) is 46.2 Å². The summed E-state index contributed by atoms with van der Waals surface area (Å²) in [5.74, 6) is -0.281. The average Bonchev–Trinajstić information content (AvgIpc) is 2.47. The zero-order valence-corrected chi connectivity index (χ0v) is 13.4. The van der Waals surface area contributed by atoms with Crippen molar-refractivity contribution in [2.45, 2.75) is 12.8 Å². The molecule has 0 saturated heterocycles. The van der Waals surface area contributed by atoms with E-state index < -0.39 is 0 Å². The van der Waals surface area contributed by atoms with Gasteiger partial charge < -0.3 is 5.32 Å². The van der Waals surface area contributed by atoms with E-state index in [1.165, 1.54) is 0 Å². The van der Waals surface area contributed by atoms with E-state index in [2.05, 4.69) is 21.2 Å². The molecule has 3 nitrogen and oxygen atoms in total. The Bertz CT molecular complexity index is 656. The van der Waals surface area contributed by atoms with Gasteiger partial charge in [-0.25, -0.2) is 0 Å². The minimum absolute atomic E-state index is 0.0940. The molecule has 2 aromatic rings. The van der Waals surface area contributed by atoms with Crippen molar-refractivity contribution in [3.63, 3.8) is 0 Å². The van der Waals surface area contributed by atoms with Gasteiger partial charge in [-0.15, -0.1) is 0 Å². The van der Waals surface area contributed by atoms with Gasteiger partial charge in [0, 0.05) is 33.6 Å². The van der Waals surface area contributed by atoms with Gasteiger partial charge in [0.25, 0.3) is 0 Å². The van der Waals surface area contributed by atoms with Gasteiger partial charge in [-0.3, -0.25) is 9.59 Å². The number of Topliss-reactive ketones (excluding diaryl/α,β-unsaturated/α-hetero) is 1. The molecular weight excluding hydrogens is 354 g/mol. The van der Waals surface area contributed by atoms with Crippen LogP contribution in [0.3, 0.4) is 0 Å². The number of rotatable bonds is 5. The fourth-order valence-electron chi connectivity index (χ4n) is 1.79. The highest BCUT2D eigenvalue weighted by Gasteiger charge is 2.10. The van der Waals surface area contributed by atoms with Gasteiger partial charge in [0.1, 0.15) is 0 Å². The zero-order valence-electron chi connectivity index (χ0n) is 11.1. The molecule has 108 valence electrons. The van der Waals surface area contributed by atoms with Crippen molar-refractivity contribution in [2.24, 2.45) is 0 Å². The quantitative estimate of drug-likeness (QED) is 0.779. The van der Waals surface area contributed by atoms with Crippen LogP contribution in [0.5, 0.6) is 0 Å². The van der Waals surface area contributed by atoms with E-state index in [4.69, 9.17) is 11.6 Å². The molecule has 0 atom stereocenters. The molecule has 0 bridgehead atoms. The first-order valence-electron chi connectivity index (χ1n) is 6.39. The number of anilines is 1. The van der Waals surface area contributed by atoms with Gasteiger partial charge in [-0.1, -0.05) is 39.7 Å². The number of ketones is 1. The molecule has 1 N–H and O–H groups in total. The fraction of sp³-hybridized carbons (Fsp3) is 0.125. The van der Waals surface area contributed by atoms with E-state index in [0.29, 0.717) is 16.3 Å². The summed E-state index contributed by atoms with van der Waals surface area (Å²) in [5.41, 5.74) is 1.23. The number of nitrogens with one attached hydrogen (secondary N) is 1. The Hall–Kier alpha value is -1.65. The van der Waals surface area contributed by atoms with Crippen molar-refractivity contribution < 1.29 is 9.59 Å². The lowest BCUT2D eigenvalue weighted by Crippen LogP contribution is -2.13. The highest BCUT2D eigenvalue weighted by molar-refractivity contribution is 9.10. The van der Waals surface area contributed by atoms with E-state index in [1.54, 1.807) is 36.4 Å². The maximum atomic E-state index is 12.0. The Balaban J connectivity index is 1.86. The molecule has 0 radical (unpaired) electrons. The van der Waals surface area contributed by atoms with Crippen LogP contribution >= 0.6 is 27.5 Å². The van der Waals surface area contributed by atoms with Crippen molar-refractivity contribution in [3.8, 4) is 0 Å². The highest BCUT2D eigenvalue weighted by Crippen LogP contribution is 2.15. The summed E-state index contributed by atoms with van der Waals surface area (Å²) in [4.78, 5) is 23.8. The Morgan fingerprint density at radius 1 is 1.05 bits per heavy atom. The van der Waals surface area contributed by atoms with Gasteiger partial charge in [-0.2, -0.15) is 0 Å². The minimum atomic E-state index is -0.187. The fourth-order valence-corrected chi connectivity index (χ4v) is 2.24. The second kappa shape index (κ2) is 7.38. The van der Waals surface area contributed by atoms with Crippen molar-refractivity contribution in [3.05, 3.63) is 63.6 Å². The Morgan fingerprint density at radius 3 is 2.43 bits per heavy atom. The molecule has 0 aliphatic rings. The van der Waals surface area contributed by atoms with Crippen molar-refractivity contribution >= 4 is 44.9 Å². The highest BCUT2D eigenvalue weighted by atomic mass is 79.9. The van der Waals surface area contributed by atoms with Crippen molar-refractivity contribution in [1.29, 1.82) is 0 Å². The van der Waals surface area contributed by atoms with Crippen LogP contribution in [-0.4, -0.2) is 11.7 Å². The van der Waals surface area contributed by atoms with Crippen LogP contribution in [0.15, 0.2) is 53.0 Å². The number of hydrogen-bond donors (Lipinski definition) is 1. The lowest BCUT2D eigenvalue weighted by molar-refractivity contribution is -0.116. The third-order valence-corrected chi connectivity index (χ3v) is 3.62. The maximum absolute atomic E-state index is 12.0. The predicted molar refractivity (Wildman–Crippen MR) is 87.8 cm³/mol. The molecule has 0 fully saturated rings. The van der Waals surface area contributed by atoms with E-state index in [1.807, 2.05) is 12.1 Å². The Labute approximate surface area is 136 Å². The van der Waals surface area contributed by atoms with Crippen LogP contribution in [-0.2, 0) is 4.79 Å². The molecule has 0 heterocycles. The van der Waals surface area contributed by atoms with E-state index in [-0.39, 0.29) is 24.5 Å². The van der Waals surface area contributed by atoms with E-state index in [0.717, 1.165) is 4.47 Å². The second-order valence-electron chi connectivity index (χ2n) is 4.49. The van der Waals surface area contributed by atoms with Crippen LogP contribution in [0.2, 0.25) is 5.02 Å². The molecule has 0 aliphatic carbocycles. The molecule has 2 rings (SSSR count). The smallest absolute Gasteiger partial charge is 0.224 e. The Morgan fingerprint density at radius 2 is 1.76 bits per heavy atom. The van der Waals surface area contributed by atoms with Crippen LogP contribution in [0.1, 0.15) is 23.2 Å². The summed E-state index contributed by atoms with van der Waals surface area (Å²) < 4.78 is 0.941. The van der Waals surface area contributed by atoms with Crippen LogP contribution in [0, 0.1) is 0 Å². The standard InChI is InChI=1S/C16H13BrClNO2/c17-12-4-6-14(7-5-12)19-16(21)9-8-15(20)11-2-1-3-13(18)10-11/h1-7,10H,8-9H2,(H,19,21). The summed E-state index contributed by atoms with van der Waals surface area (Å²) in [6, 6.07) is 14.0. The number of hydrogen-bond acceptors (Lipinski definition) is 2. The predicted octanol–water partition coefficient (Wildman–Crippen LogP) is 4.70. The van der Waals surface area contributed by atoms with Gasteiger partial charge in [0.2, 0.25) is 5.91 Å². The summed E-state index contributed by atoms with van der Waals surface area (Å²) in [7, 11) is 0. The van der Waals surface area contributed by atoms with E-state index >= 15 is 0 Å². The molecule has 0 unspecified atom stereocenters. The largest absolute Gasteiger partial charge is 0.326 e. The number of benzene rings is 2. The monoisotopic (exact) mass is 365 g/mol. The lowest BCUT2D eigenvalue weighted by Gasteiger charge is -2.05. The molecule has 5 heteroatoms. The average molecular weight is 367 g/mol. The number of carbonyl (C=O) groups is 2. The molecule has 0 aromatic heterocycles. The molecule has 1 amide bonds. The first kappa shape index (κ1) is 15.7. The van der Waals surface area contributed by atoms with Crippen LogP contribution < -0.4 is 5.32 Å². The van der Waals surface area contributed by atoms with Crippen LogP contribution in [0.25, 0.3) is 0 Å². The van der Waals surface area contributed by atoms with Gasteiger partial charge in [0.15, 0.2) is 5.78 Å². The number of halogens is 2. The SMILES string of the molecule is O=C(CCC(=O)c1cccc(Cl)c1)Nc1ccc(Br)cc1.